The van der Waals surface area contributed by atoms with Crippen molar-refractivity contribution in [2.75, 3.05) is 99.2 Å². The Labute approximate surface area is 658 Å². The highest BCUT2D eigenvalue weighted by atomic mass is 35.5. The Bertz CT molecular complexity index is 3810. The van der Waals surface area contributed by atoms with Gasteiger partial charge in [0.15, 0.2) is 0 Å². The Kier molecular flexibility index (Phi) is 30.7. The second-order valence-corrected chi connectivity index (χ2v) is 36.0. The fraction of sp³-hybridized carbons (Fsp3) is 0.704. The molecule has 3 aliphatic heterocycles. The summed E-state index contributed by atoms with van der Waals surface area (Å²) in [5.74, 6) is 4.39. The van der Waals surface area contributed by atoms with Gasteiger partial charge >= 0.3 is 0 Å². The molecule has 0 bridgehead atoms. The van der Waals surface area contributed by atoms with Gasteiger partial charge in [-0.3, -0.25) is 14.7 Å². The van der Waals surface area contributed by atoms with Crippen molar-refractivity contribution < 1.29 is 44.1 Å². The Morgan fingerprint density at radius 2 is 0.682 bits per heavy atom. The monoisotopic (exact) mass is 1580 g/mol. The Balaban J connectivity index is 0.000000121. The van der Waals surface area contributed by atoms with Crippen molar-refractivity contribution in [1.29, 1.82) is 0 Å². The number of rotatable bonds is 15. The first-order chi connectivity index (χ1) is 52.6. The van der Waals surface area contributed by atoms with Gasteiger partial charge in [0.25, 0.3) is 0 Å². The molecule has 4 atom stereocenters. The van der Waals surface area contributed by atoms with Gasteiger partial charge in [0, 0.05) is 97.2 Å². The van der Waals surface area contributed by atoms with Gasteiger partial charge in [-0.05, 0) is 213 Å². The van der Waals surface area contributed by atoms with Gasteiger partial charge in [-0.2, -0.15) is 0 Å². The molecule has 107 heavy (non-hydrogen) atoms. The molecule has 6 fully saturated rings. The molecule has 20 nitrogen and oxygen atoms in total. The Hall–Kier alpha value is -4.06. The second-order valence-electron chi connectivity index (χ2n) is 31.0. The van der Waals surface area contributed by atoms with Crippen molar-refractivity contribution in [2.24, 2.45) is 23.7 Å². The Morgan fingerprint density at radius 1 is 0.393 bits per heavy atom. The lowest BCUT2D eigenvalue weighted by Gasteiger charge is -2.38. The zero-order valence-electron chi connectivity index (χ0n) is 63.3. The summed E-state index contributed by atoms with van der Waals surface area (Å²) in [6.07, 6.45) is 41.3. The summed E-state index contributed by atoms with van der Waals surface area (Å²) in [5, 5.41) is 40.5. The number of ether oxygens (including phenoxy) is 5. The number of hydrogen-bond donors (Lipinski definition) is 4. The van der Waals surface area contributed by atoms with Gasteiger partial charge in [0.1, 0.15) is 67.1 Å². The van der Waals surface area contributed by atoms with Crippen LogP contribution in [-0.4, -0.2) is 211 Å². The Morgan fingerprint density at radius 3 is 1.00 bits per heavy atom. The fourth-order valence-corrected chi connectivity index (χ4v) is 23.9. The SMILES string of the molecule is CCC[C@@H]1CCc2sc3ncnc(Cl)c3c2C1.CCC[C@@H]1CCc2sc3ncnc(OC4CCC(N5CCOCC5)CC4)c3c2C1.CO.OC1CCC(N2CCOCC2)CC1.OCC[C@@H]1CCc2sc3ncnc(Cl)c3c2C1.OCC[C@@H]1CCc2sc3ncnc(OC4CCC(N5CCOCC5)CC4)c3c2C1. The number of thiophene rings is 4. The predicted molar refractivity (Wildman–Crippen MR) is 432 cm³/mol. The number of aliphatic hydroxyl groups excluding tert-OH is 4. The van der Waals surface area contributed by atoms with Gasteiger partial charge in [0.2, 0.25) is 11.8 Å². The minimum atomic E-state index is -0.0303. The normalized spacial score (nSPS) is 26.2. The third-order valence-electron chi connectivity index (χ3n) is 24.3. The number of nitrogens with zero attached hydrogens (tertiary/aromatic N) is 11. The van der Waals surface area contributed by atoms with E-state index < -0.39 is 0 Å². The fourth-order valence-electron chi connectivity index (χ4n) is 18.6. The molecule has 0 aromatic carbocycles. The van der Waals surface area contributed by atoms with Crippen LogP contribution in [0.2, 0.25) is 10.3 Å². The predicted octanol–water partition coefficient (Wildman–Crippen LogP) is 15.1. The van der Waals surface area contributed by atoms with E-state index in [9.17, 15) is 10.2 Å². The summed E-state index contributed by atoms with van der Waals surface area (Å²) in [4.78, 5) is 53.0. The quantitative estimate of drug-likeness (QED) is 0.0698. The third kappa shape index (κ3) is 20.7. The van der Waals surface area contributed by atoms with Crippen LogP contribution in [0.5, 0.6) is 11.8 Å². The van der Waals surface area contributed by atoms with Crippen LogP contribution < -0.4 is 9.47 Å². The van der Waals surface area contributed by atoms with Crippen LogP contribution >= 0.6 is 68.5 Å². The third-order valence-corrected chi connectivity index (χ3v) is 29.6. The first-order valence-corrected chi connectivity index (χ1v) is 44.5. The van der Waals surface area contributed by atoms with E-state index in [1.807, 2.05) is 11.3 Å². The molecule has 11 heterocycles. The molecule has 18 rings (SSSR count). The van der Waals surface area contributed by atoms with E-state index in [0.717, 1.165) is 241 Å². The van der Waals surface area contributed by atoms with Gasteiger partial charge in [-0.15, -0.1) is 45.3 Å². The highest BCUT2D eigenvalue weighted by molar-refractivity contribution is 7.20. The maximum absolute atomic E-state index is 9.38. The van der Waals surface area contributed by atoms with Crippen LogP contribution in [0, 0.1) is 23.7 Å². The number of aliphatic hydroxyl groups is 4. The maximum atomic E-state index is 9.38. The van der Waals surface area contributed by atoms with Crippen LogP contribution in [0.15, 0.2) is 25.3 Å². The minimum absolute atomic E-state index is 0.0303. The van der Waals surface area contributed by atoms with Crippen LogP contribution in [0.4, 0.5) is 0 Å². The van der Waals surface area contributed by atoms with E-state index in [2.05, 4.69) is 68.4 Å². The van der Waals surface area contributed by atoms with E-state index in [-0.39, 0.29) is 31.5 Å². The summed E-state index contributed by atoms with van der Waals surface area (Å²) >= 11 is 19.6. The highest BCUT2D eigenvalue weighted by Crippen LogP contribution is 2.46. The highest BCUT2D eigenvalue weighted by Gasteiger charge is 2.35. The van der Waals surface area contributed by atoms with Crippen molar-refractivity contribution in [1.82, 2.24) is 54.6 Å². The first kappa shape index (κ1) is 81.0. The molecule has 10 aliphatic rings. The molecular formula is C81H115Cl2N11O9S4. The topological polar surface area (TPSA) is 240 Å². The molecule has 0 unspecified atom stereocenters. The summed E-state index contributed by atoms with van der Waals surface area (Å²) in [7, 11) is 1.00. The van der Waals surface area contributed by atoms with Gasteiger partial charge < -0.3 is 44.1 Å². The zero-order chi connectivity index (χ0) is 74.0. The standard InChI is InChI=1S/C23H33N3O2S.C22H31N3O3S.C13H15ClN2S.C12H13ClN2OS.C10H19NO2.CH4O/c1-2-3-16-4-9-20-19(14-16)21-22(24-15-25-23(21)29-20)28-18-7-5-17(6-8-18)26-10-12-27-13-11-26;26-10-7-15-1-6-19-18(13-15)20-21(23-14-24-22(20)29-19)28-17-4-2-16(3-5-17)25-8-11-27-12-9-25;1-2-3-8-4-5-10-9(6-8)11-12(14)15-7-16-13(11)17-10;13-11-10-8-5-7(3-4-16)1-2-9(8)17-12(10)15-6-14-11;12-10-3-1-9(2-4-10)11-5-7-13-8-6-11;1-2/h15-18H,2-14H2,1H3;14-17,26H,1-13H2;7-8H,2-6H2,1H3;6-7,16H,1-5H2;9-10,12H,1-8H2;2H,1H3/t16-,17?,18?;15-,16?,17?;8-;7-;;/m1010../s1. The number of aryl methyl sites for hydroxylation is 4. The minimum Gasteiger partial charge on any atom is -0.474 e. The summed E-state index contributed by atoms with van der Waals surface area (Å²) < 4.78 is 29.4. The average molecular weight is 1590 g/mol. The number of hydrogen-bond acceptors (Lipinski definition) is 24. The van der Waals surface area contributed by atoms with Crippen molar-refractivity contribution in [3.05, 3.63) is 77.4 Å². The molecule has 3 saturated carbocycles. The summed E-state index contributed by atoms with van der Waals surface area (Å²) in [6, 6.07) is 2.09. The number of morpholine rings is 3. The van der Waals surface area contributed by atoms with Gasteiger partial charge in [-0.25, -0.2) is 39.9 Å². The van der Waals surface area contributed by atoms with Gasteiger partial charge in [0.05, 0.1) is 67.3 Å². The molecular weight excluding hydrogens is 1470 g/mol. The lowest BCUT2D eigenvalue weighted by atomic mass is 9.84. The van der Waals surface area contributed by atoms with Crippen molar-refractivity contribution in [3.63, 3.8) is 0 Å². The van der Waals surface area contributed by atoms with Crippen LogP contribution in [0.1, 0.15) is 197 Å². The molecule has 7 aliphatic carbocycles. The molecule has 8 aromatic heterocycles. The van der Waals surface area contributed by atoms with Gasteiger partial charge in [-0.1, -0.05) is 62.7 Å². The van der Waals surface area contributed by atoms with Crippen molar-refractivity contribution in [3.8, 4) is 11.8 Å². The summed E-state index contributed by atoms with van der Waals surface area (Å²) in [5.41, 5.74) is 5.63. The maximum Gasteiger partial charge on any atom is 0.225 e. The van der Waals surface area contributed by atoms with E-state index in [1.165, 1.54) is 150 Å². The first-order valence-electron chi connectivity index (χ1n) is 40.5. The molecule has 8 aromatic rings. The van der Waals surface area contributed by atoms with Crippen LogP contribution in [0.3, 0.4) is 0 Å². The smallest absolute Gasteiger partial charge is 0.225 e. The average Bonchev–Trinajstić information content (AvgIpc) is 1.65. The molecule has 0 radical (unpaired) electrons. The van der Waals surface area contributed by atoms with Crippen LogP contribution in [-0.2, 0) is 65.6 Å². The molecule has 26 heteroatoms. The lowest BCUT2D eigenvalue weighted by Crippen LogP contribution is -2.46. The van der Waals surface area contributed by atoms with E-state index in [4.69, 9.17) is 57.1 Å². The van der Waals surface area contributed by atoms with E-state index >= 15 is 0 Å². The zero-order valence-corrected chi connectivity index (χ0v) is 68.1. The van der Waals surface area contributed by atoms with Crippen LogP contribution in [0.25, 0.3) is 40.9 Å². The number of aromatic nitrogens is 8. The number of fused-ring (bicyclic) bond motifs is 12. The molecule has 4 N–H and O–H groups in total. The molecule has 0 amide bonds. The van der Waals surface area contributed by atoms with E-state index in [1.54, 1.807) is 53.0 Å². The number of halogens is 2. The van der Waals surface area contributed by atoms with Crippen molar-refractivity contribution >= 4 is 109 Å². The molecule has 0 spiro atoms. The van der Waals surface area contributed by atoms with E-state index in [0.29, 0.717) is 40.3 Å². The largest absolute Gasteiger partial charge is 0.474 e. The second kappa shape index (κ2) is 40.6. The van der Waals surface area contributed by atoms with Crippen molar-refractivity contribution in [2.45, 2.75) is 243 Å². The molecule has 3 saturated heterocycles. The lowest BCUT2D eigenvalue weighted by molar-refractivity contribution is -0.00366. The summed E-state index contributed by atoms with van der Waals surface area (Å²) in [6.45, 7) is 16.9. The molecule has 586 valence electrons.